The fraction of sp³-hybridized carbons (Fsp3) is 1.00. The maximum Gasteiger partial charge on any atom is 0.315 e. The Hall–Kier alpha value is -0.720. The summed E-state index contributed by atoms with van der Waals surface area (Å²) in [6.45, 7) is 0. The molecule has 0 aliphatic carbocycles. The molecule has 0 aromatic carbocycles. The zero-order valence-corrected chi connectivity index (χ0v) is 7.67. The zero-order chi connectivity index (χ0) is 10.1. The molecule has 4 unspecified atom stereocenters. The smallest absolute Gasteiger partial charge is 0.315 e. The number of hydrogen-bond donors (Lipinski definition) is 1. The van der Waals surface area contributed by atoms with Crippen molar-refractivity contribution in [2.24, 2.45) is 0 Å². The summed E-state index contributed by atoms with van der Waals surface area (Å²) in [7, 11) is 0. The molecule has 0 amide bonds. The van der Waals surface area contributed by atoms with Gasteiger partial charge in [0.25, 0.3) is 0 Å². The minimum absolute atomic E-state index is 0.171. The number of ether oxygens (including phenoxy) is 2. The summed E-state index contributed by atoms with van der Waals surface area (Å²) in [6, 6.07) is 0. The van der Waals surface area contributed by atoms with E-state index in [9.17, 15) is 15.2 Å². The molecule has 2 aliphatic heterocycles. The Kier molecular flexibility index (Phi) is 2.66. The summed E-state index contributed by atoms with van der Waals surface area (Å²) in [5, 5.41) is 19.7. The number of aliphatic hydroxyl groups is 1. The van der Waals surface area contributed by atoms with Gasteiger partial charge in [-0.2, -0.15) is 0 Å². The highest BCUT2D eigenvalue weighted by Gasteiger charge is 2.40. The van der Waals surface area contributed by atoms with E-state index in [0.717, 1.165) is 0 Å². The maximum absolute atomic E-state index is 10.5. The van der Waals surface area contributed by atoms with E-state index < -0.39 is 17.4 Å². The Morgan fingerprint density at radius 3 is 2.50 bits per heavy atom. The van der Waals surface area contributed by atoms with Gasteiger partial charge in [-0.3, -0.25) is 10.1 Å². The highest BCUT2D eigenvalue weighted by atomic mass is 16.7. The van der Waals surface area contributed by atoms with Crippen molar-refractivity contribution in [1.29, 1.82) is 0 Å². The van der Waals surface area contributed by atoms with Crippen LogP contribution in [0, 0.1) is 10.1 Å². The van der Waals surface area contributed by atoms with Crippen molar-refractivity contribution < 1.29 is 19.5 Å². The molecule has 2 aliphatic rings. The van der Waals surface area contributed by atoms with Crippen LogP contribution in [0.2, 0.25) is 0 Å². The minimum atomic E-state index is -0.893. The average molecular weight is 203 g/mol. The molecule has 0 radical (unpaired) electrons. The first-order valence-electron chi connectivity index (χ1n) is 4.79. The number of hydrogen-bond acceptors (Lipinski definition) is 5. The molecule has 14 heavy (non-hydrogen) atoms. The third-order valence-electron chi connectivity index (χ3n) is 2.71. The molecule has 2 heterocycles. The zero-order valence-electron chi connectivity index (χ0n) is 7.67. The first-order chi connectivity index (χ1) is 6.66. The second kappa shape index (κ2) is 3.80. The Morgan fingerprint density at radius 1 is 1.14 bits per heavy atom. The summed E-state index contributed by atoms with van der Waals surface area (Å²) in [5.74, 6) is 0. The third-order valence-corrected chi connectivity index (χ3v) is 2.71. The standard InChI is InChI=1S/C8H13NO5/c10-8-4-2-5-6(14-8)1-3-7(13-5)9(11)12/h5-8,10H,1-4H2. The quantitative estimate of drug-likeness (QED) is 0.488. The number of nitrogens with zero attached hydrogens (tertiary/aromatic N) is 1. The fourth-order valence-electron chi connectivity index (χ4n) is 1.99. The molecule has 0 aromatic rings. The molecule has 80 valence electrons. The highest BCUT2D eigenvalue weighted by molar-refractivity contribution is 4.80. The van der Waals surface area contributed by atoms with E-state index in [2.05, 4.69) is 0 Å². The van der Waals surface area contributed by atoms with Crippen molar-refractivity contribution >= 4 is 0 Å². The van der Waals surface area contributed by atoms with Gasteiger partial charge >= 0.3 is 6.23 Å². The second-order valence-electron chi connectivity index (χ2n) is 3.70. The Labute approximate surface area is 81.0 Å². The topological polar surface area (TPSA) is 81.8 Å². The van der Waals surface area contributed by atoms with Crippen LogP contribution in [0.25, 0.3) is 0 Å². The van der Waals surface area contributed by atoms with Gasteiger partial charge in [-0.05, 0) is 12.8 Å². The average Bonchev–Trinajstić information content (AvgIpc) is 2.16. The summed E-state index contributed by atoms with van der Waals surface area (Å²) in [4.78, 5) is 10.1. The van der Waals surface area contributed by atoms with Gasteiger partial charge < -0.3 is 14.6 Å². The number of fused-ring (bicyclic) bond motifs is 1. The highest BCUT2D eigenvalue weighted by Crippen LogP contribution is 2.30. The van der Waals surface area contributed by atoms with Crippen LogP contribution in [0.3, 0.4) is 0 Å². The molecule has 0 spiro atoms. The van der Waals surface area contributed by atoms with Gasteiger partial charge in [0, 0.05) is 12.8 Å². The van der Waals surface area contributed by atoms with E-state index in [-0.39, 0.29) is 12.2 Å². The summed E-state index contributed by atoms with van der Waals surface area (Å²) in [5.41, 5.74) is 0. The monoisotopic (exact) mass is 203 g/mol. The van der Waals surface area contributed by atoms with Crippen molar-refractivity contribution in [3.8, 4) is 0 Å². The molecule has 0 aromatic heterocycles. The molecule has 0 saturated carbocycles. The summed E-state index contributed by atoms with van der Waals surface area (Å²) >= 11 is 0. The lowest BCUT2D eigenvalue weighted by molar-refractivity contribution is -0.589. The molecule has 2 saturated heterocycles. The number of nitro groups is 1. The van der Waals surface area contributed by atoms with Gasteiger partial charge in [0.15, 0.2) is 6.29 Å². The van der Waals surface area contributed by atoms with E-state index in [4.69, 9.17) is 9.47 Å². The summed E-state index contributed by atoms with van der Waals surface area (Å²) < 4.78 is 10.5. The van der Waals surface area contributed by atoms with Crippen LogP contribution < -0.4 is 0 Å². The predicted octanol–water partition coefficient (Wildman–Crippen LogP) is 0.266. The number of rotatable bonds is 1. The summed E-state index contributed by atoms with van der Waals surface area (Å²) in [6.07, 6.45) is 0.0651. The molecule has 0 bridgehead atoms. The van der Waals surface area contributed by atoms with Crippen molar-refractivity contribution in [1.82, 2.24) is 0 Å². The van der Waals surface area contributed by atoms with Crippen molar-refractivity contribution in [2.45, 2.75) is 50.4 Å². The Morgan fingerprint density at radius 2 is 1.79 bits per heavy atom. The molecular formula is C8H13NO5. The van der Waals surface area contributed by atoms with Crippen molar-refractivity contribution in [2.75, 3.05) is 0 Å². The minimum Gasteiger partial charge on any atom is -0.368 e. The largest absolute Gasteiger partial charge is 0.368 e. The van der Waals surface area contributed by atoms with Crippen LogP contribution >= 0.6 is 0 Å². The second-order valence-corrected chi connectivity index (χ2v) is 3.70. The van der Waals surface area contributed by atoms with E-state index >= 15 is 0 Å². The van der Waals surface area contributed by atoms with Gasteiger partial charge in [0.1, 0.15) is 0 Å². The normalized spacial score (nSPS) is 42.9. The van der Waals surface area contributed by atoms with E-state index in [0.29, 0.717) is 25.7 Å². The van der Waals surface area contributed by atoms with Gasteiger partial charge in [0.2, 0.25) is 0 Å². The first-order valence-corrected chi connectivity index (χ1v) is 4.79. The van der Waals surface area contributed by atoms with Crippen LogP contribution in [0.1, 0.15) is 25.7 Å². The van der Waals surface area contributed by atoms with Gasteiger partial charge in [-0.15, -0.1) is 0 Å². The van der Waals surface area contributed by atoms with E-state index in [1.807, 2.05) is 0 Å². The number of aliphatic hydroxyl groups excluding tert-OH is 1. The predicted molar refractivity (Wildman–Crippen MR) is 45.0 cm³/mol. The molecule has 1 N–H and O–H groups in total. The Balaban J connectivity index is 1.94. The molecular weight excluding hydrogens is 190 g/mol. The molecule has 6 heteroatoms. The SMILES string of the molecule is O=[N+]([O-])C1CCC2OC(O)CCC2O1. The van der Waals surface area contributed by atoms with Crippen LogP contribution in [0.15, 0.2) is 0 Å². The molecule has 4 atom stereocenters. The fourth-order valence-corrected chi connectivity index (χ4v) is 1.99. The van der Waals surface area contributed by atoms with Crippen molar-refractivity contribution in [3.05, 3.63) is 10.1 Å². The van der Waals surface area contributed by atoms with Gasteiger partial charge in [-0.25, -0.2) is 0 Å². The lowest BCUT2D eigenvalue weighted by Crippen LogP contribution is -2.47. The van der Waals surface area contributed by atoms with E-state index in [1.165, 1.54) is 0 Å². The molecule has 2 fully saturated rings. The van der Waals surface area contributed by atoms with Crippen LogP contribution in [-0.2, 0) is 9.47 Å². The third kappa shape index (κ3) is 1.87. The van der Waals surface area contributed by atoms with Gasteiger partial charge in [-0.1, -0.05) is 0 Å². The van der Waals surface area contributed by atoms with E-state index in [1.54, 1.807) is 0 Å². The molecule has 2 rings (SSSR count). The lowest BCUT2D eigenvalue weighted by atomic mass is 9.97. The lowest BCUT2D eigenvalue weighted by Gasteiger charge is -2.37. The van der Waals surface area contributed by atoms with Crippen LogP contribution in [0.4, 0.5) is 0 Å². The first kappa shape index (κ1) is 9.82. The van der Waals surface area contributed by atoms with Crippen LogP contribution in [-0.4, -0.2) is 34.8 Å². The van der Waals surface area contributed by atoms with Gasteiger partial charge in [0.05, 0.1) is 17.1 Å². The van der Waals surface area contributed by atoms with Crippen molar-refractivity contribution in [3.63, 3.8) is 0 Å². The Bertz CT molecular complexity index is 234. The van der Waals surface area contributed by atoms with Crippen LogP contribution in [0.5, 0.6) is 0 Å². The molecule has 6 nitrogen and oxygen atoms in total. The maximum atomic E-state index is 10.5.